The van der Waals surface area contributed by atoms with E-state index in [4.69, 9.17) is 11.5 Å². The second-order valence-corrected chi connectivity index (χ2v) is 5.57. The topological polar surface area (TPSA) is 64.4 Å². The molecule has 0 aliphatic carbocycles. The minimum atomic E-state index is 0.212. The predicted molar refractivity (Wildman–Crippen MR) is 72.3 cm³/mol. The molecule has 3 heteroatoms. The van der Waals surface area contributed by atoms with E-state index in [1.807, 2.05) is 0 Å². The van der Waals surface area contributed by atoms with Gasteiger partial charge in [0.05, 0.1) is 0 Å². The second kappa shape index (κ2) is 8.43. The summed E-state index contributed by atoms with van der Waals surface area (Å²) in [6, 6.07) is 0. The average Bonchev–Trinajstić information content (AvgIpc) is 2.09. The Hall–Kier alpha value is -0.730. The third kappa shape index (κ3) is 9.81. The zero-order valence-electron chi connectivity index (χ0n) is 11.4. The SMILES string of the molecule is CC(C)CC(CCCN=C(N)N)CC(C)C. The van der Waals surface area contributed by atoms with Crippen LogP contribution in [-0.2, 0) is 0 Å². The van der Waals surface area contributed by atoms with Crippen molar-refractivity contribution in [3.05, 3.63) is 0 Å². The number of nitrogens with zero attached hydrogens (tertiary/aromatic N) is 1. The van der Waals surface area contributed by atoms with Gasteiger partial charge in [0.1, 0.15) is 0 Å². The molecule has 16 heavy (non-hydrogen) atoms. The molecule has 3 nitrogen and oxygen atoms in total. The van der Waals surface area contributed by atoms with Gasteiger partial charge in [-0.3, -0.25) is 4.99 Å². The van der Waals surface area contributed by atoms with Gasteiger partial charge in [0.15, 0.2) is 5.96 Å². The van der Waals surface area contributed by atoms with Gasteiger partial charge in [-0.2, -0.15) is 0 Å². The summed E-state index contributed by atoms with van der Waals surface area (Å²) in [4.78, 5) is 4.03. The van der Waals surface area contributed by atoms with E-state index in [2.05, 4.69) is 32.7 Å². The first-order valence-corrected chi connectivity index (χ1v) is 6.47. The van der Waals surface area contributed by atoms with E-state index in [9.17, 15) is 0 Å². The minimum Gasteiger partial charge on any atom is -0.370 e. The van der Waals surface area contributed by atoms with Crippen LogP contribution in [0.15, 0.2) is 4.99 Å². The van der Waals surface area contributed by atoms with Crippen LogP contribution in [0.3, 0.4) is 0 Å². The van der Waals surface area contributed by atoms with Crippen molar-refractivity contribution in [1.29, 1.82) is 0 Å². The first-order chi connectivity index (χ1) is 7.41. The second-order valence-electron chi connectivity index (χ2n) is 5.57. The summed E-state index contributed by atoms with van der Waals surface area (Å²) >= 11 is 0. The van der Waals surface area contributed by atoms with Gasteiger partial charge in [-0.05, 0) is 43.4 Å². The van der Waals surface area contributed by atoms with Crippen molar-refractivity contribution in [1.82, 2.24) is 0 Å². The Morgan fingerprint density at radius 3 is 1.88 bits per heavy atom. The molecule has 4 N–H and O–H groups in total. The number of rotatable bonds is 8. The average molecular weight is 227 g/mol. The molecule has 0 saturated carbocycles. The maximum Gasteiger partial charge on any atom is 0.185 e. The van der Waals surface area contributed by atoms with Crippen LogP contribution < -0.4 is 11.5 Å². The van der Waals surface area contributed by atoms with Crippen LogP contribution in [-0.4, -0.2) is 12.5 Å². The van der Waals surface area contributed by atoms with E-state index in [1.165, 1.54) is 19.3 Å². The number of hydrogen-bond donors (Lipinski definition) is 2. The quantitative estimate of drug-likeness (QED) is 0.380. The molecular formula is C13H29N3. The summed E-state index contributed by atoms with van der Waals surface area (Å²) in [5.41, 5.74) is 10.6. The lowest BCUT2D eigenvalue weighted by Crippen LogP contribution is -2.23. The fourth-order valence-electron chi connectivity index (χ4n) is 2.25. The molecule has 0 aliphatic heterocycles. The molecule has 0 aromatic heterocycles. The van der Waals surface area contributed by atoms with E-state index in [-0.39, 0.29) is 5.96 Å². The van der Waals surface area contributed by atoms with Gasteiger partial charge in [-0.25, -0.2) is 0 Å². The number of hydrogen-bond acceptors (Lipinski definition) is 1. The highest BCUT2D eigenvalue weighted by atomic mass is 15.0. The summed E-state index contributed by atoms with van der Waals surface area (Å²) in [6.45, 7) is 9.95. The number of nitrogens with two attached hydrogens (primary N) is 2. The summed E-state index contributed by atoms with van der Waals surface area (Å²) < 4.78 is 0. The van der Waals surface area contributed by atoms with Crippen molar-refractivity contribution in [2.45, 2.75) is 53.4 Å². The molecule has 0 rings (SSSR count). The molecule has 0 heterocycles. The molecule has 0 amide bonds. The zero-order chi connectivity index (χ0) is 12.6. The van der Waals surface area contributed by atoms with Crippen LogP contribution in [0.4, 0.5) is 0 Å². The first-order valence-electron chi connectivity index (χ1n) is 6.47. The Kier molecular flexibility index (Phi) is 8.04. The van der Waals surface area contributed by atoms with Crippen molar-refractivity contribution in [2.24, 2.45) is 34.2 Å². The summed E-state index contributed by atoms with van der Waals surface area (Å²) in [5.74, 6) is 2.61. The third-order valence-corrected chi connectivity index (χ3v) is 2.67. The molecule has 0 aliphatic rings. The lowest BCUT2D eigenvalue weighted by atomic mass is 9.86. The van der Waals surface area contributed by atoms with Crippen molar-refractivity contribution in [3.63, 3.8) is 0 Å². The van der Waals surface area contributed by atoms with Crippen LogP contribution in [0.25, 0.3) is 0 Å². The van der Waals surface area contributed by atoms with Crippen LogP contribution in [0, 0.1) is 17.8 Å². The lowest BCUT2D eigenvalue weighted by Gasteiger charge is -2.20. The Labute approximate surface area is 101 Å². The van der Waals surface area contributed by atoms with Crippen LogP contribution in [0.1, 0.15) is 53.4 Å². The monoisotopic (exact) mass is 227 g/mol. The Bertz CT molecular complexity index is 183. The summed E-state index contributed by atoms with van der Waals surface area (Å²) in [7, 11) is 0. The molecule has 0 spiro atoms. The van der Waals surface area contributed by atoms with Crippen molar-refractivity contribution in [2.75, 3.05) is 6.54 Å². The van der Waals surface area contributed by atoms with Crippen molar-refractivity contribution >= 4 is 5.96 Å². The number of aliphatic imine (C=N–C) groups is 1. The van der Waals surface area contributed by atoms with Crippen molar-refractivity contribution in [3.8, 4) is 0 Å². The smallest absolute Gasteiger partial charge is 0.185 e. The van der Waals surface area contributed by atoms with Gasteiger partial charge >= 0.3 is 0 Å². The van der Waals surface area contributed by atoms with Crippen LogP contribution >= 0.6 is 0 Å². The molecule has 96 valence electrons. The van der Waals surface area contributed by atoms with E-state index < -0.39 is 0 Å². The maximum atomic E-state index is 5.30. The van der Waals surface area contributed by atoms with Gasteiger partial charge in [-0.15, -0.1) is 0 Å². The van der Waals surface area contributed by atoms with Crippen LogP contribution in [0.5, 0.6) is 0 Å². The standard InChI is InChI=1S/C13H29N3/c1-10(2)8-12(9-11(3)4)6-5-7-16-13(14)15/h10-12H,5-9H2,1-4H3,(H4,14,15,16). The molecule has 0 bridgehead atoms. The number of guanidine groups is 1. The van der Waals surface area contributed by atoms with E-state index in [1.54, 1.807) is 0 Å². The lowest BCUT2D eigenvalue weighted by molar-refractivity contribution is 0.320. The van der Waals surface area contributed by atoms with Gasteiger partial charge in [0.25, 0.3) is 0 Å². The van der Waals surface area contributed by atoms with Gasteiger partial charge in [-0.1, -0.05) is 27.7 Å². The fourth-order valence-corrected chi connectivity index (χ4v) is 2.25. The molecule has 0 aromatic carbocycles. The molecule has 0 aromatic rings. The Balaban J connectivity index is 3.87. The molecular weight excluding hydrogens is 198 g/mol. The highest BCUT2D eigenvalue weighted by Gasteiger charge is 2.12. The molecule has 0 fully saturated rings. The summed E-state index contributed by atoms with van der Waals surface area (Å²) in [5, 5.41) is 0. The molecule has 0 unspecified atom stereocenters. The molecule has 0 saturated heterocycles. The normalized spacial score (nSPS) is 11.4. The zero-order valence-corrected chi connectivity index (χ0v) is 11.4. The maximum absolute atomic E-state index is 5.30. The van der Waals surface area contributed by atoms with Crippen molar-refractivity contribution < 1.29 is 0 Å². The molecule has 0 radical (unpaired) electrons. The van der Waals surface area contributed by atoms with Gasteiger partial charge in [0.2, 0.25) is 0 Å². The van der Waals surface area contributed by atoms with E-state index in [0.717, 1.165) is 30.7 Å². The highest BCUT2D eigenvalue weighted by molar-refractivity contribution is 5.75. The van der Waals surface area contributed by atoms with Gasteiger partial charge < -0.3 is 11.5 Å². The first kappa shape index (κ1) is 15.3. The summed E-state index contributed by atoms with van der Waals surface area (Å²) in [6.07, 6.45) is 4.98. The van der Waals surface area contributed by atoms with Gasteiger partial charge in [0, 0.05) is 6.54 Å². The predicted octanol–water partition coefficient (Wildman–Crippen LogP) is 2.75. The highest BCUT2D eigenvalue weighted by Crippen LogP contribution is 2.24. The Morgan fingerprint density at radius 1 is 1.00 bits per heavy atom. The molecule has 0 atom stereocenters. The third-order valence-electron chi connectivity index (χ3n) is 2.67. The van der Waals surface area contributed by atoms with E-state index in [0.29, 0.717) is 0 Å². The largest absolute Gasteiger partial charge is 0.370 e. The van der Waals surface area contributed by atoms with E-state index >= 15 is 0 Å². The minimum absolute atomic E-state index is 0.212. The van der Waals surface area contributed by atoms with Crippen LogP contribution in [0.2, 0.25) is 0 Å². The Morgan fingerprint density at radius 2 is 1.50 bits per heavy atom. The fraction of sp³-hybridized carbons (Fsp3) is 0.923.